The number of nitrogens with zero attached hydrogens (tertiary/aromatic N) is 1. The fourth-order valence-electron chi connectivity index (χ4n) is 4.83. The molecule has 0 unspecified atom stereocenters. The van der Waals surface area contributed by atoms with Gasteiger partial charge in [-0.25, -0.2) is 9.54 Å². The van der Waals surface area contributed by atoms with Gasteiger partial charge in [-0.3, -0.25) is 0 Å². The zero-order valence-corrected chi connectivity index (χ0v) is 26.7. The van der Waals surface area contributed by atoms with Crippen LogP contribution in [0.4, 0.5) is 0 Å². The lowest BCUT2D eigenvalue weighted by Crippen LogP contribution is -2.17. The van der Waals surface area contributed by atoms with E-state index in [1.807, 2.05) is 79.7 Å². The summed E-state index contributed by atoms with van der Waals surface area (Å²) < 4.78 is 16.5. The van der Waals surface area contributed by atoms with Crippen molar-refractivity contribution >= 4 is 48.2 Å². The summed E-state index contributed by atoms with van der Waals surface area (Å²) in [5, 5.41) is 4.56. The molecule has 220 valence electrons. The summed E-state index contributed by atoms with van der Waals surface area (Å²) in [5.41, 5.74) is 1.06. The first-order valence-corrected chi connectivity index (χ1v) is 17.7. The van der Waals surface area contributed by atoms with Crippen molar-refractivity contribution in [2.24, 2.45) is 4.74 Å². The van der Waals surface area contributed by atoms with Gasteiger partial charge in [0.25, 0.3) is 0 Å². The molecule has 0 aliphatic carbocycles. The molecule has 0 saturated heterocycles. The van der Waals surface area contributed by atoms with E-state index in [1.54, 1.807) is 13.2 Å². The van der Waals surface area contributed by atoms with Gasteiger partial charge in [0, 0.05) is 10.6 Å². The van der Waals surface area contributed by atoms with Crippen molar-refractivity contribution in [3.8, 4) is 5.75 Å². The average molecular weight is 616 g/mol. The van der Waals surface area contributed by atoms with Crippen LogP contribution in [0.1, 0.15) is 12.5 Å². The van der Waals surface area contributed by atoms with Gasteiger partial charge in [0.15, 0.2) is 0 Å². The van der Waals surface area contributed by atoms with E-state index in [0.29, 0.717) is 5.75 Å². The predicted molar refractivity (Wildman–Crippen MR) is 187 cm³/mol. The molecule has 0 bridgehead atoms. The topological polar surface area (TPSA) is 47.9 Å². The van der Waals surface area contributed by atoms with Gasteiger partial charge < -0.3 is 9.47 Å². The van der Waals surface area contributed by atoms with Crippen LogP contribution in [0.5, 0.6) is 5.75 Å². The molecule has 0 aliphatic heterocycles. The van der Waals surface area contributed by atoms with Gasteiger partial charge in [0.1, 0.15) is 11.4 Å². The van der Waals surface area contributed by atoms with Crippen molar-refractivity contribution in [1.29, 1.82) is 0 Å². The van der Waals surface area contributed by atoms with E-state index >= 15 is 0 Å². The molecule has 5 rings (SSSR count). The van der Waals surface area contributed by atoms with E-state index in [-0.39, 0.29) is 12.3 Å². The molecule has 0 spiro atoms. The summed E-state index contributed by atoms with van der Waals surface area (Å²) in [6, 6.07) is 49.3. The quantitative estimate of drug-likeness (QED) is 0.0858. The van der Waals surface area contributed by atoms with Gasteiger partial charge in [-0.15, -0.1) is 0 Å². The first-order valence-electron chi connectivity index (χ1n) is 14.5. The Hall–Kier alpha value is -4.49. The molecule has 5 aromatic rings. The molecule has 0 heterocycles. The highest BCUT2D eigenvalue weighted by Gasteiger charge is 2.26. The van der Waals surface area contributed by atoms with Gasteiger partial charge >= 0.3 is 5.97 Å². The average Bonchev–Trinajstić information content (AvgIpc) is 3.09. The maximum Gasteiger partial charge on any atom is 0.356 e. The van der Waals surface area contributed by atoms with Crippen LogP contribution in [-0.4, -0.2) is 19.7 Å². The third kappa shape index (κ3) is 7.53. The Morgan fingerprint density at radius 2 is 1.25 bits per heavy atom. The normalized spacial score (nSPS) is 11.8. The van der Waals surface area contributed by atoms with E-state index in [1.165, 1.54) is 10.6 Å². The van der Waals surface area contributed by atoms with Crippen LogP contribution in [0.3, 0.4) is 0 Å². The second kappa shape index (κ2) is 15.3. The van der Waals surface area contributed by atoms with E-state index in [2.05, 4.69) is 84.4 Å². The van der Waals surface area contributed by atoms with Crippen molar-refractivity contribution in [2.45, 2.75) is 6.92 Å². The smallest absolute Gasteiger partial charge is 0.356 e. The number of benzene rings is 5. The largest absolute Gasteiger partial charge is 0.497 e. The van der Waals surface area contributed by atoms with Gasteiger partial charge in [0.05, 0.1) is 20.8 Å². The lowest BCUT2D eigenvalue weighted by Gasteiger charge is -2.24. The Morgan fingerprint density at radius 3 is 1.75 bits per heavy atom. The van der Waals surface area contributed by atoms with Crippen LogP contribution in [0.25, 0.3) is 6.08 Å². The molecule has 0 aliphatic rings. The number of esters is 1. The highest BCUT2D eigenvalue weighted by Crippen LogP contribution is 2.53. The minimum atomic E-state index is -2.72. The summed E-state index contributed by atoms with van der Waals surface area (Å²) >= 11 is 0. The maximum atomic E-state index is 13.6. The van der Waals surface area contributed by atoms with Crippen LogP contribution in [0.15, 0.2) is 168 Å². The molecule has 0 radical (unpaired) electrons. The number of hydrogen-bond donors (Lipinski definition) is 0. The Kier molecular flexibility index (Phi) is 10.8. The van der Waals surface area contributed by atoms with Crippen LogP contribution in [0, 0.1) is 0 Å². The van der Waals surface area contributed by atoms with Gasteiger partial charge in [-0.1, -0.05) is 133 Å². The molecule has 5 aromatic carbocycles. The molecule has 0 atom stereocenters. The number of ether oxygens (including phenoxy) is 2. The Labute approximate surface area is 261 Å². The van der Waals surface area contributed by atoms with Gasteiger partial charge in [-0.2, -0.15) is 0 Å². The molecule has 4 nitrogen and oxygen atoms in total. The molecule has 0 saturated carbocycles. The summed E-state index contributed by atoms with van der Waals surface area (Å²) in [6.07, 6.45) is 1.80. The van der Waals surface area contributed by atoms with Crippen molar-refractivity contribution in [2.75, 3.05) is 13.7 Å². The van der Waals surface area contributed by atoms with Gasteiger partial charge in [0.2, 0.25) is 0 Å². The van der Waals surface area contributed by atoms with E-state index in [4.69, 9.17) is 14.2 Å². The maximum absolute atomic E-state index is 13.6. The number of carbonyl (C=O) groups is 1. The fourth-order valence-corrected chi connectivity index (χ4v) is 10.4. The zero-order chi connectivity index (χ0) is 30.6. The number of methoxy groups -OCH3 is 1. The summed E-state index contributed by atoms with van der Waals surface area (Å²) in [5.74, 6) is 4.81. The number of rotatable bonds is 11. The lowest BCUT2D eigenvalue weighted by molar-refractivity contribution is -0.138. The molecular formula is C38H35NO3P2. The third-order valence-electron chi connectivity index (χ3n) is 6.95. The molecule has 0 aromatic heterocycles. The van der Waals surface area contributed by atoms with E-state index in [0.717, 1.165) is 16.2 Å². The summed E-state index contributed by atoms with van der Waals surface area (Å²) in [4.78, 5) is 13.6. The summed E-state index contributed by atoms with van der Waals surface area (Å²) in [7, 11) is -1.96. The minimum Gasteiger partial charge on any atom is -0.497 e. The van der Waals surface area contributed by atoms with Gasteiger partial charge in [-0.05, 0) is 60.9 Å². The first kappa shape index (κ1) is 31.0. The Morgan fingerprint density at radius 1 is 0.727 bits per heavy atom. The lowest BCUT2D eigenvalue weighted by atomic mass is 10.2. The highest BCUT2D eigenvalue weighted by atomic mass is 31.2. The predicted octanol–water partition coefficient (Wildman–Crippen LogP) is 8.06. The third-order valence-corrected chi connectivity index (χ3v) is 12.6. The van der Waals surface area contributed by atoms with Crippen LogP contribution in [-0.2, 0) is 9.53 Å². The van der Waals surface area contributed by atoms with E-state index in [9.17, 15) is 4.79 Å². The van der Waals surface area contributed by atoms with Crippen LogP contribution >= 0.6 is 15.0 Å². The standard InChI is InChI=1S/C38H35NO3P2/c1-3-42-38(40)37(30-31-17-16-18-32(29-31)41-2)39-44(35-23-12-6-13-24-35,36-25-14-7-15-26-36)28-27-43(33-19-8-4-9-20-33)34-21-10-5-11-22-34/h4-30H,3H2,1-2H3/b28-27?,37-30-. The number of hydrogen-bond acceptors (Lipinski definition) is 4. The molecular weight excluding hydrogens is 580 g/mol. The second-order valence-electron chi connectivity index (χ2n) is 9.82. The van der Waals surface area contributed by atoms with Crippen molar-refractivity contribution < 1.29 is 14.3 Å². The number of carbonyl (C=O) groups excluding carboxylic acids is 1. The summed E-state index contributed by atoms with van der Waals surface area (Å²) in [6.45, 7) is 2.06. The molecule has 0 fully saturated rings. The molecule has 0 amide bonds. The Balaban J connectivity index is 1.81. The fraction of sp³-hybridized carbons (Fsp3) is 0.0789. The van der Waals surface area contributed by atoms with Crippen molar-refractivity contribution in [3.63, 3.8) is 0 Å². The van der Waals surface area contributed by atoms with E-state index < -0.39 is 20.9 Å². The Bertz CT molecular complexity index is 1690. The van der Waals surface area contributed by atoms with Crippen molar-refractivity contribution in [1.82, 2.24) is 0 Å². The monoisotopic (exact) mass is 615 g/mol. The SMILES string of the molecule is CCOC(=O)/C(=C/c1cccc(OC)c1)N=P(C=CP(c1ccccc1)c1ccccc1)(c1ccccc1)c1ccccc1. The van der Waals surface area contributed by atoms with Crippen LogP contribution in [0.2, 0.25) is 0 Å². The molecule has 6 heteroatoms. The molecule has 0 N–H and O–H groups in total. The highest BCUT2D eigenvalue weighted by molar-refractivity contribution is 7.84. The molecule has 44 heavy (non-hydrogen) atoms. The van der Waals surface area contributed by atoms with Crippen LogP contribution < -0.4 is 26.0 Å². The van der Waals surface area contributed by atoms with Crippen molar-refractivity contribution in [3.05, 3.63) is 168 Å². The minimum absolute atomic E-state index is 0.245. The second-order valence-corrected chi connectivity index (χ2v) is 14.8. The first-order chi connectivity index (χ1) is 21.6. The zero-order valence-electron chi connectivity index (χ0n) is 24.9.